The lowest BCUT2D eigenvalue weighted by Gasteiger charge is -2.11. The molecule has 1 aliphatic carbocycles. The van der Waals surface area contributed by atoms with Crippen LogP contribution in [0.2, 0.25) is 0 Å². The van der Waals surface area contributed by atoms with E-state index in [9.17, 15) is 0 Å². The quantitative estimate of drug-likeness (QED) is 0.562. The fourth-order valence-corrected chi connectivity index (χ4v) is 2.05. The first-order chi connectivity index (χ1) is 6.22. The Kier molecular flexibility index (Phi) is 2.14. The summed E-state index contributed by atoms with van der Waals surface area (Å²) in [5.74, 6) is 0. The van der Waals surface area contributed by atoms with E-state index in [1.807, 2.05) is 11.9 Å². The summed E-state index contributed by atoms with van der Waals surface area (Å²) in [5, 5.41) is 0. The van der Waals surface area contributed by atoms with Crippen molar-refractivity contribution in [3.05, 3.63) is 35.5 Å². The van der Waals surface area contributed by atoms with Crippen LogP contribution in [0.25, 0.3) is 0 Å². The Labute approximate surface area is 88.4 Å². The van der Waals surface area contributed by atoms with Crippen LogP contribution in [0.15, 0.2) is 35.5 Å². The van der Waals surface area contributed by atoms with Crippen LogP contribution in [-0.4, -0.2) is 21.9 Å². The first-order valence-corrected chi connectivity index (χ1v) is 4.93. The molecule has 0 radical (unpaired) electrons. The monoisotopic (exact) mass is 207 g/mol. The maximum atomic E-state index is 5.27. The van der Waals surface area contributed by atoms with E-state index in [1.54, 1.807) is 0 Å². The van der Waals surface area contributed by atoms with Crippen molar-refractivity contribution in [2.24, 2.45) is 0 Å². The molecule has 1 aliphatic heterocycles. The zero-order chi connectivity index (χ0) is 9.42. The van der Waals surface area contributed by atoms with Gasteiger partial charge in [-0.25, -0.2) is 0 Å². The molecule has 2 aliphatic rings. The number of hydrogen-bond donors (Lipinski definition) is 0. The van der Waals surface area contributed by atoms with Gasteiger partial charge in [0.1, 0.15) is 9.98 Å². The average molecular weight is 207 g/mol. The molecule has 1 nitrogen and oxygen atoms in total. The first-order valence-electron chi connectivity index (χ1n) is 4.11. The van der Waals surface area contributed by atoms with Crippen LogP contribution >= 0.6 is 24.4 Å². The lowest BCUT2D eigenvalue weighted by molar-refractivity contribution is 0.801. The predicted octanol–water partition coefficient (Wildman–Crippen LogP) is 2.40. The van der Waals surface area contributed by atoms with E-state index in [-0.39, 0.29) is 0 Å². The molecule has 0 aromatic rings. The van der Waals surface area contributed by atoms with Crippen LogP contribution < -0.4 is 0 Å². The molecule has 0 atom stereocenters. The molecular weight excluding hydrogens is 198 g/mol. The molecule has 66 valence electrons. The molecule has 0 aromatic heterocycles. The summed E-state index contributed by atoms with van der Waals surface area (Å²) in [6.07, 6.45) is 9.29. The Hall–Kier alpha value is -0.800. The Balaban J connectivity index is 2.55. The summed E-state index contributed by atoms with van der Waals surface area (Å²) in [7, 11) is 1.92. The lowest BCUT2D eigenvalue weighted by atomic mass is 10.1. The number of rotatable bonds is 0. The Morgan fingerprint density at radius 2 is 1.54 bits per heavy atom. The third-order valence-electron chi connectivity index (χ3n) is 2.20. The van der Waals surface area contributed by atoms with Gasteiger partial charge in [0, 0.05) is 18.2 Å². The van der Waals surface area contributed by atoms with Gasteiger partial charge in [0.05, 0.1) is 0 Å². The summed E-state index contributed by atoms with van der Waals surface area (Å²) in [4.78, 5) is 3.56. The number of hydrogen-bond acceptors (Lipinski definition) is 2. The molecule has 3 heteroatoms. The Bertz CT molecular complexity index is 340. The number of thiocarbonyl (C=S) groups is 2. The molecule has 0 aromatic carbocycles. The van der Waals surface area contributed by atoms with E-state index in [0.29, 0.717) is 0 Å². The third-order valence-corrected chi connectivity index (χ3v) is 3.19. The number of allylic oxidation sites excluding steroid dienone is 2. The van der Waals surface area contributed by atoms with Crippen LogP contribution in [0.1, 0.15) is 6.42 Å². The summed E-state index contributed by atoms with van der Waals surface area (Å²) in [5.41, 5.74) is 2.19. The van der Waals surface area contributed by atoms with Gasteiger partial charge in [-0.3, -0.25) is 0 Å². The highest BCUT2D eigenvalue weighted by molar-refractivity contribution is 7.82. The first kappa shape index (κ1) is 8.78. The van der Waals surface area contributed by atoms with Crippen LogP contribution in [0.4, 0.5) is 0 Å². The Morgan fingerprint density at radius 3 is 2.00 bits per heavy atom. The van der Waals surface area contributed by atoms with Crippen molar-refractivity contribution in [3.63, 3.8) is 0 Å². The second kappa shape index (κ2) is 3.16. The van der Waals surface area contributed by atoms with Gasteiger partial charge in [-0.05, 0) is 6.42 Å². The molecule has 0 saturated heterocycles. The van der Waals surface area contributed by atoms with Gasteiger partial charge < -0.3 is 4.90 Å². The smallest absolute Gasteiger partial charge is 0.114 e. The minimum atomic E-state index is 0.836. The number of likely N-dealkylation sites (N-methyl/N-ethyl adjacent to an activating group) is 1. The van der Waals surface area contributed by atoms with Crippen molar-refractivity contribution in [1.82, 2.24) is 4.90 Å². The van der Waals surface area contributed by atoms with E-state index in [1.165, 1.54) is 0 Å². The normalized spacial score (nSPS) is 21.2. The van der Waals surface area contributed by atoms with Gasteiger partial charge in [0.15, 0.2) is 0 Å². The van der Waals surface area contributed by atoms with Crippen LogP contribution in [0.3, 0.4) is 0 Å². The molecule has 0 unspecified atom stereocenters. The second-order valence-corrected chi connectivity index (χ2v) is 3.81. The SMILES string of the molecule is CN1C(=S)C2=C(C=CCC=C2)C1=S. The maximum Gasteiger partial charge on any atom is 0.114 e. The van der Waals surface area contributed by atoms with E-state index in [4.69, 9.17) is 24.4 Å². The van der Waals surface area contributed by atoms with E-state index in [2.05, 4.69) is 24.3 Å². The maximum absolute atomic E-state index is 5.27. The van der Waals surface area contributed by atoms with Crippen molar-refractivity contribution in [1.29, 1.82) is 0 Å². The molecule has 0 spiro atoms. The highest BCUT2D eigenvalue weighted by Gasteiger charge is 2.26. The largest absolute Gasteiger partial charge is 0.326 e. The second-order valence-electron chi connectivity index (χ2n) is 3.04. The van der Waals surface area contributed by atoms with Crippen molar-refractivity contribution >= 4 is 34.4 Å². The minimum absolute atomic E-state index is 0.836. The molecule has 13 heavy (non-hydrogen) atoms. The summed E-state index contributed by atoms with van der Waals surface area (Å²) < 4.78 is 0. The van der Waals surface area contributed by atoms with Gasteiger partial charge >= 0.3 is 0 Å². The van der Waals surface area contributed by atoms with Gasteiger partial charge in [0.25, 0.3) is 0 Å². The Morgan fingerprint density at radius 1 is 1.08 bits per heavy atom. The fourth-order valence-electron chi connectivity index (χ4n) is 1.46. The van der Waals surface area contributed by atoms with Crippen molar-refractivity contribution in [2.45, 2.75) is 6.42 Å². The molecule has 0 saturated carbocycles. The van der Waals surface area contributed by atoms with E-state index in [0.717, 1.165) is 27.5 Å². The molecule has 0 N–H and O–H groups in total. The summed E-state index contributed by atoms with van der Waals surface area (Å²) in [6, 6.07) is 0. The van der Waals surface area contributed by atoms with Crippen LogP contribution in [-0.2, 0) is 0 Å². The third kappa shape index (κ3) is 1.28. The highest BCUT2D eigenvalue weighted by atomic mass is 32.1. The summed E-state index contributed by atoms with van der Waals surface area (Å²) in [6.45, 7) is 0. The van der Waals surface area contributed by atoms with Crippen molar-refractivity contribution in [3.8, 4) is 0 Å². The van der Waals surface area contributed by atoms with Gasteiger partial charge in [-0.2, -0.15) is 0 Å². The van der Waals surface area contributed by atoms with Gasteiger partial charge in [-0.1, -0.05) is 48.7 Å². The number of nitrogens with zero attached hydrogens (tertiary/aromatic N) is 1. The van der Waals surface area contributed by atoms with E-state index < -0.39 is 0 Å². The fraction of sp³-hybridized carbons (Fsp3) is 0.200. The predicted molar refractivity (Wildman–Crippen MR) is 62.9 cm³/mol. The zero-order valence-electron chi connectivity index (χ0n) is 7.28. The molecule has 1 heterocycles. The lowest BCUT2D eigenvalue weighted by Crippen LogP contribution is -2.24. The van der Waals surface area contributed by atoms with Crippen LogP contribution in [0.5, 0.6) is 0 Å². The average Bonchev–Trinajstić information content (AvgIpc) is 2.40. The standard InChI is InChI=1S/C10H9NS2/c1-11-9(12)7-5-3-2-4-6-8(7)10(11)13/h3-6H,2H2,1H3. The molecule has 0 amide bonds. The van der Waals surface area contributed by atoms with Gasteiger partial charge in [-0.15, -0.1) is 0 Å². The molecular formula is C10H9NS2. The van der Waals surface area contributed by atoms with Gasteiger partial charge in [0.2, 0.25) is 0 Å². The van der Waals surface area contributed by atoms with Crippen molar-refractivity contribution < 1.29 is 0 Å². The molecule has 0 fully saturated rings. The van der Waals surface area contributed by atoms with E-state index >= 15 is 0 Å². The zero-order valence-corrected chi connectivity index (χ0v) is 8.91. The molecule has 2 rings (SSSR count). The minimum Gasteiger partial charge on any atom is -0.326 e. The topological polar surface area (TPSA) is 3.24 Å². The molecule has 0 bridgehead atoms. The highest BCUT2D eigenvalue weighted by Crippen LogP contribution is 2.25. The summed E-state index contributed by atoms with van der Waals surface area (Å²) >= 11 is 10.5. The van der Waals surface area contributed by atoms with Crippen LogP contribution in [0, 0.1) is 0 Å². The van der Waals surface area contributed by atoms with Crippen molar-refractivity contribution in [2.75, 3.05) is 7.05 Å².